The van der Waals surface area contributed by atoms with Crippen molar-refractivity contribution < 1.29 is 14.6 Å². The van der Waals surface area contributed by atoms with Gasteiger partial charge in [-0.15, -0.1) is 5.10 Å². The maximum absolute atomic E-state index is 11.1. The van der Waals surface area contributed by atoms with Crippen molar-refractivity contribution in [1.29, 1.82) is 0 Å². The monoisotopic (exact) mass is 214 g/mol. The molecule has 0 amide bonds. The zero-order valence-electron chi connectivity index (χ0n) is 8.97. The highest BCUT2D eigenvalue weighted by atomic mass is 16.5. The first-order chi connectivity index (χ1) is 7.06. The van der Waals surface area contributed by atoms with E-state index in [0.717, 1.165) is 0 Å². The Labute approximate surface area is 87.0 Å². The molecule has 0 radical (unpaired) electrons. The standard InChI is InChI=1S/C8H14N4O3/c1-4-8(2,7(13)14)12-6(5-15-3)9-10-11-12/h4-5H2,1-3H3,(H,13,14). The van der Waals surface area contributed by atoms with Crippen molar-refractivity contribution in [3.63, 3.8) is 0 Å². The molecular weight excluding hydrogens is 200 g/mol. The molecule has 0 saturated heterocycles. The first-order valence-corrected chi connectivity index (χ1v) is 4.56. The Morgan fingerprint density at radius 3 is 2.80 bits per heavy atom. The second kappa shape index (κ2) is 4.35. The molecule has 1 N–H and O–H groups in total. The molecule has 84 valence electrons. The minimum Gasteiger partial charge on any atom is -0.479 e. The summed E-state index contributed by atoms with van der Waals surface area (Å²) in [5, 5.41) is 20.0. The zero-order chi connectivity index (χ0) is 11.5. The molecule has 1 rings (SSSR count). The first kappa shape index (κ1) is 11.6. The van der Waals surface area contributed by atoms with Crippen LogP contribution in [0, 0.1) is 0 Å². The highest BCUT2D eigenvalue weighted by Gasteiger charge is 2.36. The van der Waals surface area contributed by atoms with E-state index in [2.05, 4.69) is 15.5 Å². The van der Waals surface area contributed by atoms with Crippen molar-refractivity contribution in [2.45, 2.75) is 32.4 Å². The third kappa shape index (κ3) is 1.96. The summed E-state index contributed by atoms with van der Waals surface area (Å²) in [6, 6.07) is 0. The summed E-state index contributed by atoms with van der Waals surface area (Å²) in [5.41, 5.74) is -1.13. The Hall–Kier alpha value is -1.50. The quantitative estimate of drug-likeness (QED) is 0.743. The van der Waals surface area contributed by atoms with Crippen LogP contribution in [-0.2, 0) is 21.7 Å². The predicted octanol–water partition coefficient (Wildman–Crippen LogP) is 0.0293. The Balaban J connectivity index is 3.12. The number of nitrogens with zero attached hydrogens (tertiary/aromatic N) is 4. The average Bonchev–Trinajstić information content (AvgIpc) is 2.65. The number of carbonyl (C=O) groups is 1. The number of rotatable bonds is 5. The molecule has 0 spiro atoms. The van der Waals surface area contributed by atoms with Crippen LogP contribution in [0.3, 0.4) is 0 Å². The lowest BCUT2D eigenvalue weighted by molar-refractivity contribution is -0.147. The molecule has 1 aromatic heterocycles. The SMILES string of the molecule is CCC(C)(C(=O)O)n1nnnc1COC. The Morgan fingerprint density at radius 1 is 1.67 bits per heavy atom. The zero-order valence-corrected chi connectivity index (χ0v) is 8.97. The van der Waals surface area contributed by atoms with Crippen molar-refractivity contribution in [2.24, 2.45) is 0 Å². The summed E-state index contributed by atoms with van der Waals surface area (Å²) in [5.74, 6) is -0.557. The van der Waals surface area contributed by atoms with Crippen molar-refractivity contribution in [3.8, 4) is 0 Å². The van der Waals surface area contributed by atoms with Gasteiger partial charge in [-0.2, -0.15) is 0 Å². The summed E-state index contributed by atoms with van der Waals surface area (Å²) in [6.07, 6.45) is 0.393. The summed E-state index contributed by atoms with van der Waals surface area (Å²) < 4.78 is 6.18. The van der Waals surface area contributed by atoms with Crippen LogP contribution in [0.25, 0.3) is 0 Å². The molecule has 0 bridgehead atoms. The van der Waals surface area contributed by atoms with Crippen LogP contribution in [0.5, 0.6) is 0 Å². The van der Waals surface area contributed by atoms with Crippen LogP contribution in [-0.4, -0.2) is 38.4 Å². The molecule has 7 nitrogen and oxygen atoms in total. The molecule has 0 aliphatic rings. The predicted molar refractivity (Wildman–Crippen MR) is 50.1 cm³/mol. The second-order valence-electron chi connectivity index (χ2n) is 3.37. The molecule has 1 unspecified atom stereocenters. The van der Waals surface area contributed by atoms with Gasteiger partial charge in [0.2, 0.25) is 0 Å². The molecule has 0 fully saturated rings. The van der Waals surface area contributed by atoms with Gasteiger partial charge in [-0.3, -0.25) is 0 Å². The maximum atomic E-state index is 11.1. The lowest BCUT2D eigenvalue weighted by Crippen LogP contribution is -2.40. The molecule has 0 saturated carbocycles. The number of aliphatic carboxylic acids is 1. The topological polar surface area (TPSA) is 90.1 Å². The largest absolute Gasteiger partial charge is 0.479 e. The number of ether oxygens (including phenoxy) is 1. The minimum atomic E-state index is -1.13. The number of tetrazole rings is 1. The van der Waals surface area contributed by atoms with E-state index < -0.39 is 11.5 Å². The molecule has 1 heterocycles. The molecule has 1 aromatic rings. The highest BCUT2D eigenvalue weighted by Crippen LogP contribution is 2.20. The van der Waals surface area contributed by atoms with E-state index in [1.54, 1.807) is 13.8 Å². The number of methoxy groups -OCH3 is 1. The van der Waals surface area contributed by atoms with Crippen molar-refractivity contribution in [2.75, 3.05) is 7.11 Å². The van der Waals surface area contributed by atoms with Gasteiger partial charge in [0.15, 0.2) is 11.4 Å². The number of carboxylic acids is 1. The molecule has 1 atom stereocenters. The van der Waals surface area contributed by atoms with E-state index in [0.29, 0.717) is 12.2 Å². The fourth-order valence-corrected chi connectivity index (χ4v) is 1.20. The van der Waals surface area contributed by atoms with Crippen molar-refractivity contribution in [3.05, 3.63) is 5.82 Å². The van der Waals surface area contributed by atoms with E-state index in [1.807, 2.05) is 0 Å². The fraction of sp³-hybridized carbons (Fsp3) is 0.750. The van der Waals surface area contributed by atoms with Crippen LogP contribution in [0.15, 0.2) is 0 Å². The number of hydrogen-bond donors (Lipinski definition) is 1. The van der Waals surface area contributed by atoms with E-state index in [9.17, 15) is 4.79 Å². The van der Waals surface area contributed by atoms with E-state index in [1.165, 1.54) is 11.8 Å². The van der Waals surface area contributed by atoms with Gasteiger partial charge in [0.05, 0.1) is 0 Å². The summed E-state index contributed by atoms with van der Waals surface area (Å²) in [4.78, 5) is 11.1. The smallest absolute Gasteiger partial charge is 0.331 e. The van der Waals surface area contributed by atoms with Gasteiger partial charge in [0.1, 0.15) is 6.61 Å². The third-order valence-corrected chi connectivity index (χ3v) is 2.42. The summed E-state index contributed by atoms with van der Waals surface area (Å²) >= 11 is 0. The van der Waals surface area contributed by atoms with Gasteiger partial charge >= 0.3 is 5.97 Å². The molecule has 0 aliphatic carbocycles. The highest BCUT2D eigenvalue weighted by molar-refractivity contribution is 5.76. The van der Waals surface area contributed by atoms with E-state index in [4.69, 9.17) is 9.84 Å². The number of aromatic nitrogens is 4. The molecule has 15 heavy (non-hydrogen) atoms. The number of carboxylic acid groups (broad SMARTS) is 1. The van der Waals surface area contributed by atoms with Crippen LogP contribution in [0.4, 0.5) is 0 Å². The van der Waals surface area contributed by atoms with Gasteiger partial charge in [0, 0.05) is 7.11 Å². The van der Waals surface area contributed by atoms with Crippen LogP contribution in [0.2, 0.25) is 0 Å². The lowest BCUT2D eigenvalue weighted by atomic mass is 9.99. The maximum Gasteiger partial charge on any atom is 0.331 e. The molecular formula is C8H14N4O3. The van der Waals surface area contributed by atoms with Crippen LogP contribution < -0.4 is 0 Å². The Bertz CT molecular complexity index is 351. The summed E-state index contributed by atoms with van der Waals surface area (Å²) in [7, 11) is 1.50. The van der Waals surface area contributed by atoms with E-state index >= 15 is 0 Å². The molecule has 0 aliphatic heterocycles. The lowest BCUT2D eigenvalue weighted by Gasteiger charge is -2.23. The van der Waals surface area contributed by atoms with Gasteiger partial charge in [-0.05, 0) is 23.8 Å². The first-order valence-electron chi connectivity index (χ1n) is 4.56. The normalized spacial score (nSPS) is 14.9. The Kier molecular flexibility index (Phi) is 3.35. The van der Waals surface area contributed by atoms with Crippen LogP contribution >= 0.6 is 0 Å². The average molecular weight is 214 g/mol. The van der Waals surface area contributed by atoms with Gasteiger partial charge in [0.25, 0.3) is 0 Å². The summed E-state index contributed by atoms with van der Waals surface area (Å²) in [6.45, 7) is 3.53. The fourth-order valence-electron chi connectivity index (χ4n) is 1.20. The Morgan fingerprint density at radius 2 is 2.33 bits per heavy atom. The van der Waals surface area contributed by atoms with Gasteiger partial charge < -0.3 is 9.84 Å². The van der Waals surface area contributed by atoms with Crippen LogP contribution in [0.1, 0.15) is 26.1 Å². The van der Waals surface area contributed by atoms with Crippen molar-refractivity contribution in [1.82, 2.24) is 20.2 Å². The number of hydrogen-bond acceptors (Lipinski definition) is 5. The van der Waals surface area contributed by atoms with Gasteiger partial charge in [-0.1, -0.05) is 6.92 Å². The molecule has 7 heteroatoms. The minimum absolute atomic E-state index is 0.190. The molecule has 0 aromatic carbocycles. The third-order valence-electron chi connectivity index (χ3n) is 2.42. The van der Waals surface area contributed by atoms with Crippen molar-refractivity contribution >= 4 is 5.97 Å². The van der Waals surface area contributed by atoms with E-state index in [-0.39, 0.29) is 6.61 Å². The second-order valence-corrected chi connectivity index (χ2v) is 3.37. The van der Waals surface area contributed by atoms with Gasteiger partial charge in [-0.25, -0.2) is 9.48 Å².